The van der Waals surface area contributed by atoms with Crippen molar-refractivity contribution in [2.75, 3.05) is 26.2 Å². The third-order valence-electron chi connectivity index (χ3n) is 2.38. The Morgan fingerprint density at radius 2 is 2.25 bits per heavy atom. The summed E-state index contributed by atoms with van der Waals surface area (Å²) in [6.45, 7) is 2.45. The molecule has 0 aliphatic carbocycles. The van der Waals surface area contributed by atoms with E-state index in [-0.39, 0.29) is 12.5 Å². The summed E-state index contributed by atoms with van der Waals surface area (Å²) in [7, 11) is 0. The quantitative estimate of drug-likeness (QED) is 0.568. The molecule has 1 saturated heterocycles. The second kappa shape index (κ2) is 4.42. The largest absolute Gasteiger partial charge is 0.341 e. The van der Waals surface area contributed by atoms with Gasteiger partial charge in [-0.15, -0.1) is 0 Å². The van der Waals surface area contributed by atoms with E-state index in [9.17, 15) is 4.79 Å². The van der Waals surface area contributed by atoms with Crippen LogP contribution in [-0.4, -0.2) is 37.0 Å². The van der Waals surface area contributed by atoms with Gasteiger partial charge in [0.05, 0.1) is 6.54 Å². The van der Waals surface area contributed by atoms with Crippen molar-refractivity contribution >= 4 is 5.91 Å². The van der Waals surface area contributed by atoms with E-state index in [0.717, 1.165) is 25.9 Å². The average molecular weight is 171 g/mol. The Balaban J connectivity index is 2.40. The maximum absolute atomic E-state index is 11.2. The molecule has 1 aliphatic heterocycles. The first kappa shape index (κ1) is 9.48. The van der Waals surface area contributed by atoms with Crippen molar-refractivity contribution < 1.29 is 4.79 Å². The van der Waals surface area contributed by atoms with Gasteiger partial charge in [0.2, 0.25) is 5.91 Å². The summed E-state index contributed by atoms with van der Waals surface area (Å²) >= 11 is 0. The van der Waals surface area contributed by atoms with Crippen LogP contribution in [0.5, 0.6) is 0 Å². The van der Waals surface area contributed by atoms with Gasteiger partial charge in [-0.3, -0.25) is 4.79 Å². The highest BCUT2D eigenvalue weighted by atomic mass is 16.2. The molecule has 1 aliphatic rings. The number of amides is 1. The topological polar surface area (TPSA) is 72.4 Å². The van der Waals surface area contributed by atoms with Crippen LogP contribution in [0.1, 0.15) is 12.8 Å². The molecule has 0 bridgehead atoms. The fourth-order valence-corrected chi connectivity index (χ4v) is 1.61. The van der Waals surface area contributed by atoms with Gasteiger partial charge in [-0.1, -0.05) is 0 Å². The summed E-state index contributed by atoms with van der Waals surface area (Å²) in [5.41, 5.74) is 10.8. The Hall–Kier alpha value is -0.610. The van der Waals surface area contributed by atoms with E-state index in [4.69, 9.17) is 11.5 Å². The predicted octanol–water partition coefficient (Wildman–Crippen LogP) is -0.858. The van der Waals surface area contributed by atoms with Crippen molar-refractivity contribution in [2.24, 2.45) is 17.4 Å². The van der Waals surface area contributed by atoms with Crippen molar-refractivity contribution in [1.82, 2.24) is 4.90 Å². The lowest BCUT2D eigenvalue weighted by Gasteiger charge is -2.31. The molecule has 1 rings (SSSR count). The Bertz CT molecular complexity index is 160. The second-order valence-corrected chi connectivity index (χ2v) is 3.29. The first-order valence-electron chi connectivity index (χ1n) is 4.45. The van der Waals surface area contributed by atoms with E-state index in [1.165, 1.54) is 0 Å². The van der Waals surface area contributed by atoms with Crippen LogP contribution in [0, 0.1) is 5.92 Å². The number of hydrogen-bond donors (Lipinski definition) is 2. The van der Waals surface area contributed by atoms with Crippen LogP contribution in [0.2, 0.25) is 0 Å². The number of likely N-dealkylation sites (tertiary alicyclic amines) is 1. The molecule has 0 spiro atoms. The molecule has 1 unspecified atom stereocenters. The molecular weight excluding hydrogens is 154 g/mol. The van der Waals surface area contributed by atoms with Gasteiger partial charge in [0.15, 0.2) is 0 Å². The molecular formula is C8H17N3O. The van der Waals surface area contributed by atoms with E-state index < -0.39 is 0 Å². The number of nitrogens with zero attached hydrogens (tertiary/aromatic N) is 1. The van der Waals surface area contributed by atoms with Crippen LogP contribution in [0.25, 0.3) is 0 Å². The molecule has 70 valence electrons. The van der Waals surface area contributed by atoms with Crippen molar-refractivity contribution in [3.05, 3.63) is 0 Å². The van der Waals surface area contributed by atoms with Crippen LogP contribution < -0.4 is 11.5 Å². The minimum absolute atomic E-state index is 0.0492. The summed E-state index contributed by atoms with van der Waals surface area (Å²) in [5, 5.41) is 0. The van der Waals surface area contributed by atoms with Crippen molar-refractivity contribution in [1.29, 1.82) is 0 Å². The predicted molar refractivity (Wildman–Crippen MR) is 47.4 cm³/mol. The van der Waals surface area contributed by atoms with Crippen LogP contribution in [0.3, 0.4) is 0 Å². The lowest BCUT2D eigenvalue weighted by Crippen LogP contribution is -2.44. The maximum atomic E-state index is 11.2. The van der Waals surface area contributed by atoms with Crippen LogP contribution in [0.4, 0.5) is 0 Å². The Kier molecular flexibility index (Phi) is 3.49. The van der Waals surface area contributed by atoms with Gasteiger partial charge in [-0.2, -0.15) is 0 Å². The van der Waals surface area contributed by atoms with Crippen molar-refractivity contribution in [3.8, 4) is 0 Å². The monoisotopic (exact) mass is 171 g/mol. The normalized spacial score (nSPS) is 24.2. The van der Waals surface area contributed by atoms with Gasteiger partial charge in [0.25, 0.3) is 0 Å². The van der Waals surface area contributed by atoms with Crippen molar-refractivity contribution in [2.45, 2.75) is 12.8 Å². The zero-order valence-electron chi connectivity index (χ0n) is 7.33. The Labute approximate surface area is 72.9 Å². The fraction of sp³-hybridized carbons (Fsp3) is 0.875. The third kappa shape index (κ3) is 2.19. The minimum atomic E-state index is 0.0492. The standard InChI is InChI=1S/C8H17N3O/c9-4-7-2-1-3-11(6-7)8(12)5-10/h7H,1-6,9-10H2. The molecule has 1 fully saturated rings. The van der Waals surface area contributed by atoms with E-state index >= 15 is 0 Å². The molecule has 4 nitrogen and oxygen atoms in total. The van der Waals surface area contributed by atoms with Crippen LogP contribution >= 0.6 is 0 Å². The van der Waals surface area contributed by atoms with E-state index in [1.807, 2.05) is 4.90 Å². The van der Waals surface area contributed by atoms with Crippen molar-refractivity contribution in [3.63, 3.8) is 0 Å². The molecule has 1 atom stereocenters. The molecule has 4 heteroatoms. The first-order chi connectivity index (χ1) is 5.77. The van der Waals surface area contributed by atoms with Gasteiger partial charge in [-0.25, -0.2) is 0 Å². The molecule has 1 heterocycles. The average Bonchev–Trinajstić information content (AvgIpc) is 2.17. The molecule has 0 aromatic rings. The number of piperidine rings is 1. The lowest BCUT2D eigenvalue weighted by atomic mass is 9.98. The number of carbonyl (C=O) groups excluding carboxylic acids is 1. The van der Waals surface area contributed by atoms with Gasteiger partial charge >= 0.3 is 0 Å². The SMILES string of the molecule is NCC(=O)N1CCCC(CN)C1. The minimum Gasteiger partial charge on any atom is -0.341 e. The maximum Gasteiger partial charge on any atom is 0.236 e. The highest BCUT2D eigenvalue weighted by Crippen LogP contribution is 2.14. The lowest BCUT2D eigenvalue weighted by molar-refractivity contribution is -0.131. The highest BCUT2D eigenvalue weighted by molar-refractivity contribution is 5.78. The second-order valence-electron chi connectivity index (χ2n) is 3.29. The zero-order valence-corrected chi connectivity index (χ0v) is 7.33. The molecule has 0 aromatic heterocycles. The van der Waals surface area contributed by atoms with Gasteiger partial charge in [0, 0.05) is 13.1 Å². The Morgan fingerprint density at radius 1 is 1.50 bits per heavy atom. The van der Waals surface area contributed by atoms with Gasteiger partial charge in [-0.05, 0) is 25.3 Å². The molecule has 0 saturated carbocycles. The Morgan fingerprint density at radius 3 is 2.83 bits per heavy atom. The summed E-state index contributed by atoms with van der Waals surface area (Å²) in [5.74, 6) is 0.530. The van der Waals surface area contributed by atoms with E-state index in [0.29, 0.717) is 12.5 Å². The van der Waals surface area contributed by atoms with Gasteiger partial charge in [0.1, 0.15) is 0 Å². The molecule has 12 heavy (non-hydrogen) atoms. The number of carbonyl (C=O) groups is 1. The van der Waals surface area contributed by atoms with Crippen LogP contribution in [0.15, 0.2) is 0 Å². The molecule has 1 amide bonds. The highest BCUT2D eigenvalue weighted by Gasteiger charge is 2.21. The molecule has 4 N–H and O–H groups in total. The van der Waals surface area contributed by atoms with E-state index in [2.05, 4.69) is 0 Å². The first-order valence-corrected chi connectivity index (χ1v) is 4.45. The zero-order chi connectivity index (χ0) is 8.97. The third-order valence-corrected chi connectivity index (χ3v) is 2.38. The summed E-state index contributed by atoms with van der Waals surface area (Å²) in [4.78, 5) is 13.0. The number of rotatable bonds is 2. The summed E-state index contributed by atoms with van der Waals surface area (Å²) < 4.78 is 0. The van der Waals surface area contributed by atoms with E-state index in [1.54, 1.807) is 0 Å². The fourth-order valence-electron chi connectivity index (χ4n) is 1.61. The number of hydrogen-bond acceptors (Lipinski definition) is 3. The molecule has 0 aromatic carbocycles. The van der Waals surface area contributed by atoms with Crippen LogP contribution in [-0.2, 0) is 4.79 Å². The summed E-state index contributed by atoms with van der Waals surface area (Å²) in [6.07, 6.45) is 2.21. The molecule has 0 radical (unpaired) electrons. The number of nitrogens with two attached hydrogens (primary N) is 2. The van der Waals surface area contributed by atoms with Gasteiger partial charge < -0.3 is 16.4 Å². The smallest absolute Gasteiger partial charge is 0.236 e. The summed E-state index contributed by atoms with van der Waals surface area (Å²) in [6, 6.07) is 0.